The Hall–Kier alpha value is -4.00. The van der Waals surface area contributed by atoms with Gasteiger partial charge in [0.15, 0.2) is 11.5 Å². The molecule has 0 bridgehead atoms. The lowest BCUT2D eigenvalue weighted by molar-refractivity contribution is 0.415. The highest BCUT2D eigenvalue weighted by Gasteiger charge is 2.16. The highest BCUT2D eigenvalue weighted by atomic mass is 19.1. The van der Waals surface area contributed by atoms with Gasteiger partial charge < -0.3 is 4.74 Å². The molecule has 0 atom stereocenters. The molecular weight excluding hydrogens is 383 g/mol. The zero-order valence-electron chi connectivity index (χ0n) is 16.1. The van der Waals surface area contributed by atoms with E-state index >= 15 is 0 Å². The van der Waals surface area contributed by atoms with E-state index in [0.29, 0.717) is 22.6 Å². The van der Waals surface area contributed by atoms with Gasteiger partial charge in [0.1, 0.15) is 11.6 Å². The van der Waals surface area contributed by atoms with Crippen LogP contribution in [-0.4, -0.2) is 26.3 Å². The number of halogens is 1. The fourth-order valence-corrected chi connectivity index (χ4v) is 3.57. The van der Waals surface area contributed by atoms with E-state index in [2.05, 4.69) is 10.1 Å². The van der Waals surface area contributed by atoms with Gasteiger partial charge in [0.2, 0.25) is 0 Å². The van der Waals surface area contributed by atoms with E-state index in [0.717, 1.165) is 16.7 Å². The topological polar surface area (TPSA) is 61.4 Å². The number of para-hydroxylation sites is 1. The van der Waals surface area contributed by atoms with Crippen molar-refractivity contribution in [3.63, 3.8) is 0 Å². The number of rotatable bonds is 4. The minimum atomic E-state index is -0.339. The number of hydrogen-bond donors (Lipinski definition) is 0. The van der Waals surface area contributed by atoms with Crippen LogP contribution in [0.15, 0.2) is 77.6 Å². The maximum atomic E-state index is 13.7. The number of hydrogen-bond acceptors (Lipinski definition) is 4. The van der Waals surface area contributed by atoms with Crippen LogP contribution in [0.2, 0.25) is 0 Å². The Morgan fingerprint density at radius 1 is 1.00 bits per heavy atom. The van der Waals surface area contributed by atoms with E-state index in [9.17, 15) is 9.18 Å². The Kier molecular flexibility index (Phi) is 4.28. The van der Waals surface area contributed by atoms with E-state index in [1.807, 2.05) is 48.5 Å². The lowest BCUT2D eigenvalue weighted by Crippen LogP contribution is -2.28. The molecule has 0 aliphatic heterocycles. The van der Waals surface area contributed by atoms with E-state index in [4.69, 9.17) is 4.74 Å². The van der Waals surface area contributed by atoms with E-state index in [-0.39, 0.29) is 18.1 Å². The van der Waals surface area contributed by atoms with Crippen molar-refractivity contribution in [2.75, 3.05) is 7.11 Å². The van der Waals surface area contributed by atoms with Crippen molar-refractivity contribution in [2.24, 2.45) is 0 Å². The van der Waals surface area contributed by atoms with E-state index in [1.54, 1.807) is 23.8 Å². The van der Waals surface area contributed by atoms with Gasteiger partial charge in [0.05, 0.1) is 19.2 Å². The Morgan fingerprint density at radius 2 is 1.80 bits per heavy atom. The second-order valence-corrected chi connectivity index (χ2v) is 6.92. The Labute approximate surface area is 170 Å². The lowest BCUT2D eigenvalue weighted by Gasteiger charge is -2.11. The summed E-state index contributed by atoms with van der Waals surface area (Å²) in [5, 5.41) is 5.26. The molecule has 0 aliphatic rings. The summed E-state index contributed by atoms with van der Waals surface area (Å²) in [6.45, 7) is 0.227. The number of methoxy groups -OCH3 is 1. The summed E-state index contributed by atoms with van der Waals surface area (Å²) in [7, 11) is 1.60. The normalized spacial score (nSPS) is 11.3. The van der Waals surface area contributed by atoms with Gasteiger partial charge >= 0.3 is 5.69 Å². The van der Waals surface area contributed by atoms with Crippen LogP contribution in [-0.2, 0) is 6.54 Å². The van der Waals surface area contributed by atoms with Crippen molar-refractivity contribution in [1.29, 1.82) is 0 Å². The summed E-state index contributed by atoms with van der Waals surface area (Å²) < 4.78 is 21.7. The van der Waals surface area contributed by atoms with Crippen molar-refractivity contribution in [2.45, 2.75) is 6.54 Å². The Bertz CT molecular complexity index is 1440. The minimum Gasteiger partial charge on any atom is -0.497 e. The molecule has 3 aromatic carbocycles. The van der Waals surface area contributed by atoms with Crippen LogP contribution in [0.1, 0.15) is 5.56 Å². The maximum absolute atomic E-state index is 13.7. The van der Waals surface area contributed by atoms with Crippen LogP contribution in [0, 0.1) is 5.82 Å². The molecule has 5 rings (SSSR count). The quantitative estimate of drug-likeness (QED) is 0.459. The molecule has 0 fully saturated rings. The van der Waals surface area contributed by atoms with Crippen LogP contribution in [0.4, 0.5) is 4.39 Å². The first-order chi connectivity index (χ1) is 14.6. The van der Waals surface area contributed by atoms with Crippen molar-refractivity contribution in [3.05, 3.63) is 94.7 Å². The number of ether oxygens (including phenoxy) is 1. The molecular formula is C23H17FN4O2. The first-order valence-corrected chi connectivity index (χ1v) is 9.41. The molecule has 0 amide bonds. The molecule has 0 aliphatic carbocycles. The largest absolute Gasteiger partial charge is 0.497 e. The molecule has 0 saturated carbocycles. The number of nitrogens with zero attached hydrogens (tertiary/aromatic N) is 4. The third-order valence-corrected chi connectivity index (χ3v) is 5.03. The number of fused-ring (bicyclic) bond motifs is 3. The van der Waals surface area contributed by atoms with Gasteiger partial charge in [0.25, 0.3) is 0 Å². The summed E-state index contributed by atoms with van der Waals surface area (Å²) in [5.74, 6) is 0.835. The fraction of sp³-hybridized carbons (Fsp3) is 0.0870. The first kappa shape index (κ1) is 18.1. The minimum absolute atomic E-state index is 0.227. The standard InChI is InChI=1S/C23H17FN4O2/c1-30-18-11-9-16(10-12-18)21-25-22-19-7-2-3-8-20(19)27(23(29)28(22)26-21)14-15-5-4-6-17(24)13-15/h2-13H,14H2,1H3. The molecule has 2 heterocycles. The zero-order valence-corrected chi connectivity index (χ0v) is 16.1. The molecule has 30 heavy (non-hydrogen) atoms. The van der Waals surface area contributed by atoms with Gasteiger partial charge in [-0.2, -0.15) is 4.52 Å². The molecule has 0 spiro atoms. The molecule has 7 heteroatoms. The summed E-state index contributed by atoms with van der Waals surface area (Å²) in [5.41, 5.74) is 2.34. The maximum Gasteiger partial charge on any atom is 0.351 e. The van der Waals surface area contributed by atoms with Crippen LogP contribution >= 0.6 is 0 Å². The van der Waals surface area contributed by atoms with Crippen molar-refractivity contribution < 1.29 is 9.13 Å². The van der Waals surface area contributed by atoms with Crippen LogP contribution in [0.5, 0.6) is 5.75 Å². The highest BCUT2D eigenvalue weighted by Crippen LogP contribution is 2.23. The van der Waals surface area contributed by atoms with Crippen LogP contribution in [0.3, 0.4) is 0 Å². The molecule has 0 unspecified atom stereocenters. The molecule has 148 valence electrons. The first-order valence-electron chi connectivity index (χ1n) is 9.41. The SMILES string of the molecule is COc1ccc(-c2nc3c4ccccc4n(Cc4cccc(F)c4)c(=O)n3n2)cc1. The predicted octanol–water partition coefficient (Wildman–Crippen LogP) is 3.91. The smallest absolute Gasteiger partial charge is 0.351 e. The average Bonchev–Trinajstić information content (AvgIpc) is 3.23. The van der Waals surface area contributed by atoms with Gasteiger partial charge in [-0.25, -0.2) is 14.2 Å². The molecule has 0 saturated heterocycles. The second kappa shape index (κ2) is 7.11. The zero-order chi connectivity index (χ0) is 20.7. The van der Waals surface area contributed by atoms with Crippen molar-refractivity contribution >= 4 is 16.6 Å². The summed E-state index contributed by atoms with van der Waals surface area (Å²) in [6, 6.07) is 21.1. The van der Waals surface area contributed by atoms with Gasteiger partial charge in [-0.15, -0.1) is 5.10 Å². The molecule has 5 aromatic rings. The van der Waals surface area contributed by atoms with Crippen molar-refractivity contribution in [3.8, 4) is 17.1 Å². The van der Waals surface area contributed by atoms with E-state index < -0.39 is 0 Å². The van der Waals surface area contributed by atoms with E-state index in [1.165, 1.54) is 16.6 Å². The number of benzene rings is 3. The highest BCUT2D eigenvalue weighted by molar-refractivity contribution is 5.92. The second-order valence-electron chi connectivity index (χ2n) is 6.92. The number of aromatic nitrogens is 4. The Balaban J connectivity index is 1.72. The molecule has 6 nitrogen and oxygen atoms in total. The van der Waals surface area contributed by atoms with Crippen LogP contribution in [0.25, 0.3) is 27.9 Å². The fourth-order valence-electron chi connectivity index (χ4n) is 3.57. The predicted molar refractivity (Wildman–Crippen MR) is 112 cm³/mol. The summed E-state index contributed by atoms with van der Waals surface area (Å²) in [4.78, 5) is 17.9. The van der Waals surface area contributed by atoms with Gasteiger partial charge in [-0.3, -0.25) is 4.57 Å². The lowest BCUT2D eigenvalue weighted by atomic mass is 10.2. The summed E-state index contributed by atoms with van der Waals surface area (Å²) >= 11 is 0. The van der Waals surface area contributed by atoms with Gasteiger partial charge in [-0.05, 0) is 54.1 Å². The average molecular weight is 400 g/mol. The molecule has 0 N–H and O–H groups in total. The van der Waals surface area contributed by atoms with Gasteiger partial charge in [0, 0.05) is 10.9 Å². The monoisotopic (exact) mass is 400 g/mol. The Morgan fingerprint density at radius 3 is 2.57 bits per heavy atom. The van der Waals surface area contributed by atoms with Gasteiger partial charge in [-0.1, -0.05) is 24.3 Å². The molecule has 2 aromatic heterocycles. The van der Waals surface area contributed by atoms with Crippen LogP contribution < -0.4 is 10.4 Å². The molecule has 0 radical (unpaired) electrons. The van der Waals surface area contributed by atoms with Crippen molar-refractivity contribution in [1.82, 2.24) is 19.2 Å². The third-order valence-electron chi connectivity index (χ3n) is 5.03. The third kappa shape index (κ3) is 3.00. The summed E-state index contributed by atoms with van der Waals surface area (Å²) in [6.07, 6.45) is 0.